The predicted molar refractivity (Wildman–Crippen MR) is 104 cm³/mol. The highest BCUT2D eigenvalue weighted by molar-refractivity contribution is 6.33. The minimum absolute atomic E-state index is 0.0620. The van der Waals surface area contributed by atoms with Gasteiger partial charge in [0.1, 0.15) is 10.8 Å². The number of aromatic nitrogens is 2. The maximum Gasteiger partial charge on any atom is 0.292 e. The van der Waals surface area contributed by atoms with E-state index in [1.807, 2.05) is 6.92 Å². The molecule has 1 unspecified atom stereocenters. The molecule has 0 bridgehead atoms. The van der Waals surface area contributed by atoms with Crippen LogP contribution in [0.1, 0.15) is 17.2 Å². The Bertz CT molecular complexity index is 1020. The topological polar surface area (TPSA) is 67.2 Å². The highest BCUT2D eigenvalue weighted by Crippen LogP contribution is 2.21. The quantitative estimate of drug-likeness (QED) is 0.666. The highest BCUT2D eigenvalue weighted by Gasteiger charge is 2.13. The summed E-state index contributed by atoms with van der Waals surface area (Å²) in [5.41, 5.74) is 1.69. The second kappa shape index (κ2) is 8.08. The van der Waals surface area contributed by atoms with Crippen molar-refractivity contribution in [3.63, 3.8) is 0 Å². The van der Waals surface area contributed by atoms with E-state index in [9.17, 15) is 14.3 Å². The predicted octanol–water partition coefficient (Wildman–Crippen LogP) is 4.13. The molecule has 0 amide bonds. The smallest absolute Gasteiger partial charge is 0.292 e. The van der Waals surface area contributed by atoms with E-state index in [0.717, 1.165) is 10.2 Å². The third kappa shape index (κ3) is 4.30. The van der Waals surface area contributed by atoms with Crippen LogP contribution in [0.2, 0.25) is 10.0 Å². The summed E-state index contributed by atoms with van der Waals surface area (Å²) >= 11 is 12.3. The number of aliphatic hydroxyl groups is 1. The van der Waals surface area contributed by atoms with Gasteiger partial charge in [-0.1, -0.05) is 41.4 Å². The van der Waals surface area contributed by atoms with E-state index in [1.54, 1.807) is 18.2 Å². The van der Waals surface area contributed by atoms with Crippen molar-refractivity contribution >= 4 is 28.9 Å². The van der Waals surface area contributed by atoms with Crippen LogP contribution < -0.4 is 10.9 Å². The lowest BCUT2D eigenvalue weighted by molar-refractivity contribution is 0.191. The summed E-state index contributed by atoms with van der Waals surface area (Å²) < 4.78 is 14.1. The van der Waals surface area contributed by atoms with Crippen molar-refractivity contribution in [2.24, 2.45) is 0 Å². The number of benzene rings is 2. The molecule has 2 N–H and O–H groups in total. The molecule has 0 aliphatic heterocycles. The minimum atomic E-state index is -0.903. The van der Waals surface area contributed by atoms with Crippen LogP contribution in [0.4, 0.5) is 10.1 Å². The Kier molecular flexibility index (Phi) is 5.79. The first kappa shape index (κ1) is 19.4. The maximum absolute atomic E-state index is 13.0. The molecule has 0 radical (unpaired) electrons. The molecule has 0 spiro atoms. The molecular weight excluding hydrogens is 392 g/mol. The lowest BCUT2D eigenvalue weighted by Crippen LogP contribution is -2.23. The molecule has 8 heteroatoms. The normalized spacial score (nSPS) is 12.0. The van der Waals surface area contributed by atoms with Gasteiger partial charge in [0.05, 0.1) is 23.7 Å². The third-order valence-corrected chi connectivity index (χ3v) is 4.83. The molecule has 3 aromatic rings. The SMILES string of the molecule is Cc1ccc(-n2ncc(NCC(O)c3ccc(F)cc3)c(Cl)c2=O)cc1Cl. The van der Waals surface area contributed by atoms with Crippen LogP contribution in [0.15, 0.2) is 53.5 Å². The highest BCUT2D eigenvalue weighted by atomic mass is 35.5. The molecule has 3 rings (SSSR count). The molecule has 1 aromatic heterocycles. The fourth-order valence-electron chi connectivity index (χ4n) is 2.46. The van der Waals surface area contributed by atoms with Gasteiger partial charge in [0.25, 0.3) is 5.56 Å². The monoisotopic (exact) mass is 407 g/mol. The van der Waals surface area contributed by atoms with Crippen LogP contribution in [0.5, 0.6) is 0 Å². The number of nitrogens with zero attached hydrogens (tertiary/aromatic N) is 2. The standard InChI is InChI=1S/C19H16Cl2FN3O2/c1-11-2-7-14(8-15(11)20)25-19(27)18(21)16(9-24-25)23-10-17(26)12-3-5-13(22)6-4-12/h2-9,17,23,26H,10H2,1H3. The van der Waals surface area contributed by atoms with Crippen molar-refractivity contribution in [3.05, 3.63) is 86.0 Å². The van der Waals surface area contributed by atoms with Crippen molar-refractivity contribution < 1.29 is 9.50 Å². The molecular formula is C19H16Cl2FN3O2. The minimum Gasteiger partial charge on any atom is -0.387 e. The molecule has 0 saturated heterocycles. The number of halogens is 3. The molecule has 0 fully saturated rings. The molecule has 0 saturated carbocycles. The second-order valence-corrected chi connectivity index (χ2v) is 6.76. The van der Waals surface area contributed by atoms with E-state index >= 15 is 0 Å². The fourth-order valence-corrected chi connectivity index (χ4v) is 2.83. The van der Waals surface area contributed by atoms with Gasteiger partial charge >= 0.3 is 0 Å². The third-order valence-electron chi connectivity index (χ3n) is 4.06. The van der Waals surface area contributed by atoms with Gasteiger partial charge in [0, 0.05) is 11.6 Å². The average Bonchev–Trinajstić information content (AvgIpc) is 2.65. The Morgan fingerprint density at radius 1 is 1.22 bits per heavy atom. The van der Waals surface area contributed by atoms with Gasteiger partial charge in [-0.25, -0.2) is 4.39 Å². The van der Waals surface area contributed by atoms with E-state index in [0.29, 0.717) is 16.3 Å². The van der Waals surface area contributed by atoms with Gasteiger partial charge in [0.2, 0.25) is 0 Å². The average molecular weight is 408 g/mol. The molecule has 1 heterocycles. The summed E-state index contributed by atoms with van der Waals surface area (Å²) in [6.45, 7) is 1.93. The first-order chi connectivity index (χ1) is 12.9. The Hall–Kier alpha value is -2.41. The van der Waals surface area contributed by atoms with E-state index < -0.39 is 11.7 Å². The molecule has 140 valence electrons. The molecule has 27 heavy (non-hydrogen) atoms. The zero-order valence-corrected chi connectivity index (χ0v) is 15.8. The van der Waals surface area contributed by atoms with Gasteiger partial charge < -0.3 is 10.4 Å². The first-order valence-electron chi connectivity index (χ1n) is 8.08. The Balaban J connectivity index is 1.79. The number of hydrogen-bond acceptors (Lipinski definition) is 4. The second-order valence-electron chi connectivity index (χ2n) is 5.97. The largest absolute Gasteiger partial charge is 0.387 e. The van der Waals surface area contributed by atoms with Crippen molar-refractivity contribution in [1.29, 1.82) is 0 Å². The van der Waals surface area contributed by atoms with Crippen LogP contribution in [0, 0.1) is 12.7 Å². The zero-order valence-electron chi connectivity index (χ0n) is 14.3. The van der Waals surface area contributed by atoms with Gasteiger partial charge in [-0.2, -0.15) is 9.78 Å². The van der Waals surface area contributed by atoms with Crippen LogP contribution in [-0.2, 0) is 0 Å². The van der Waals surface area contributed by atoms with E-state index in [4.69, 9.17) is 23.2 Å². The number of aryl methyl sites for hydroxylation is 1. The Morgan fingerprint density at radius 3 is 2.59 bits per heavy atom. The molecule has 5 nitrogen and oxygen atoms in total. The summed E-state index contributed by atoms with van der Waals surface area (Å²) in [6, 6.07) is 10.6. The Morgan fingerprint density at radius 2 is 1.93 bits per heavy atom. The van der Waals surface area contributed by atoms with Crippen LogP contribution in [0.25, 0.3) is 5.69 Å². The lowest BCUT2D eigenvalue weighted by atomic mass is 10.1. The maximum atomic E-state index is 13.0. The van der Waals surface area contributed by atoms with Crippen molar-refractivity contribution in [2.75, 3.05) is 11.9 Å². The van der Waals surface area contributed by atoms with Crippen LogP contribution in [-0.4, -0.2) is 21.4 Å². The summed E-state index contributed by atoms with van der Waals surface area (Å²) in [6.07, 6.45) is 0.495. The van der Waals surface area contributed by atoms with Crippen molar-refractivity contribution in [3.8, 4) is 5.69 Å². The Labute approximate surface area is 165 Å². The van der Waals surface area contributed by atoms with Crippen molar-refractivity contribution in [1.82, 2.24) is 9.78 Å². The molecule has 0 aliphatic rings. The van der Waals surface area contributed by atoms with Gasteiger partial charge in [-0.05, 0) is 42.3 Å². The number of hydrogen-bond donors (Lipinski definition) is 2. The van der Waals surface area contributed by atoms with E-state index in [1.165, 1.54) is 30.5 Å². The lowest BCUT2D eigenvalue weighted by Gasteiger charge is -2.14. The number of anilines is 1. The van der Waals surface area contributed by atoms with Crippen molar-refractivity contribution in [2.45, 2.75) is 13.0 Å². The van der Waals surface area contributed by atoms with Crippen LogP contribution >= 0.6 is 23.2 Å². The van der Waals surface area contributed by atoms with E-state index in [2.05, 4.69) is 10.4 Å². The van der Waals surface area contributed by atoms with Crippen LogP contribution in [0.3, 0.4) is 0 Å². The zero-order chi connectivity index (χ0) is 19.6. The molecule has 0 aliphatic carbocycles. The summed E-state index contributed by atoms with van der Waals surface area (Å²) in [7, 11) is 0. The fraction of sp³-hybridized carbons (Fsp3) is 0.158. The van der Waals surface area contributed by atoms with Gasteiger partial charge in [0.15, 0.2) is 0 Å². The molecule has 1 atom stereocenters. The summed E-state index contributed by atoms with van der Waals surface area (Å²) in [5.74, 6) is -0.383. The van der Waals surface area contributed by atoms with E-state index in [-0.39, 0.29) is 23.1 Å². The summed E-state index contributed by atoms with van der Waals surface area (Å²) in [4.78, 5) is 12.5. The van der Waals surface area contributed by atoms with Gasteiger partial charge in [-0.3, -0.25) is 4.79 Å². The number of aliphatic hydroxyl groups excluding tert-OH is 1. The summed E-state index contributed by atoms with van der Waals surface area (Å²) in [5, 5.41) is 17.6. The number of rotatable bonds is 5. The van der Waals surface area contributed by atoms with Gasteiger partial charge in [-0.15, -0.1) is 0 Å². The number of nitrogens with one attached hydrogen (secondary N) is 1. The first-order valence-corrected chi connectivity index (χ1v) is 8.84. The molecule has 2 aromatic carbocycles.